The first kappa shape index (κ1) is 14.2. The molecule has 21 heavy (non-hydrogen) atoms. The van der Waals surface area contributed by atoms with Gasteiger partial charge in [0.2, 0.25) is 10.6 Å². The Labute approximate surface area is 137 Å². The lowest BCUT2D eigenvalue weighted by molar-refractivity contribution is -0.116. The van der Waals surface area contributed by atoms with E-state index in [1.165, 1.54) is 4.68 Å². The number of fused-ring (bicyclic) bond motifs is 1. The van der Waals surface area contributed by atoms with Gasteiger partial charge in [-0.05, 0) is 54.8 Å². The molecule has 5 nitrogen and oxygen atoms in total. The van der Waals surface area contributed by atoms with E-state index in [9.17, 15) is 4.79 Å². The Balaban J connectivity index is 1.75. The molecule has 3 rings (SSSR count). The standard InChI is InChI=1S/C14H10Br2N4O/c15-13-18-14(16)20(19-13)8-12(21)17-11-6-5-9-3-1-2-4-10(9)7-11/h1-7H,8H2,(H,17,21). The van der Waals surface area contributed by atoms with E-state index in [1.54, 1.807) is 0 Å². The molecule has 1 amide bonds. The number of benzene rings is 2. The third-order valence-electron chi connectivity index (χ3n) is 2.93. The van der Waals surface area contributed by atoms with Gasteiger partial charge in [0.05, 0.1) is 0 Å². The van der Waals surface area contributed by atoms with Gasteiger partial charge in [0.1, 0.15) is 6.54 Å². The summed E-state index contributed by atoms with van der Waals surface area (Å²) in [4.78, 5) is 16.1. The van der Waals surface area contributed by atoms with Gasteiger partial charge in [-0.3, -0.25) is 4.79 Å². The molecule has 0 unspecified atom stereocenters. The number of hydrogen-bond donors (Lipinski definition) is 1. The molecule has 1 aromatic heterocycles. The van der Waals surface area contributed by atoms with Crippen LogP contribution in [-0.4, -0.2) is 20.7 Å². The highest BCUT2D eigenvalue weighted by Gasteiger charge is 2.10. The molecule has 7 heteroatoms. The third-order valence-corrected chi connectivity index (χ3v) is 3.85. The highest BCUT2D eigenvalue weighted by Crippen LogP contribution is 2.19. The minimum absolute atomic E-state index is 0.0893. The smallest absolute Gasteiger partial charge is 0.246 e. The largest absolute Gasteiger partial charge is 0.324 e. The summed E-state index contributed by atoms with van der Waals surface area (Å²) < 4.78 is 2.41. The zero-order valence-corrected chi connectivity index (χ0v) is 13.9. The highest BCUT2D eigenvalue weighted by atomic mass is 79.9. The van der Waals surface area contributed by atoms with Crippen molar-refractivity contribution in [2.24, 2.45) is 0 Å². The van der Waals surface area contributed by atoms with Gasteiger partial charge >= 0.3 is 0 Å². The van der Waals surface area contributed by atoms with Crippen LogP contribution in [0.5, 0.6) is 0 Å². The normalized spacial score (nSPS) is 10.8. The second kappa shape index (κ2) is 5.95. The Bertz CT molecular complexity index is 816. The number of anilines is 1. The zero-order valence-electron chi connectivity index (χ0n) is 10.8. The third kappa shape index (κ3) is 3.30. The number of rotatable bonds is 3. The molecule has 0 saturated heterocycles. The molecule has 0 atom stereocenters. The molecule has 1 N–H and O–H groups in total. The van der Waals surface area contributed by atoms with Gasteiger partial charge in [0, 0.05) is 5.69 Å². The van der Waals surface area contributed by atoms with Crippen LogP contribution in [0, 0.1) is 0 Å². The number of hydrogen-bond acceptors (Lipinski definition) is 3. The van der Waals surface area contributed by atoms with Crippen molar-refractivity contribution < 1.29 is 4.79 Å². The second-order valence-corrected chi connectivity index (χ2v) is 5.84. The highest BCUT2D eigenvalue weighted by molar-refractivity contribution is 9.11. The molecular formula is C14H10Br2N4O. The lowest BCUT2D eigenvalue weighted by Gasteiger charge is -2.07. The maximum atomic E-state index is 12.0. The molecule has 0 saturated carbocycles. The van der Waals surface area contributed by atoms with E-state index in [0.717, 1.165) is 16.5 Å². The molecule has 0 radical (unpaired) electrons. The number of amides is 1. The number of carbonyl (C=O) groups excluding carboxylic acids is 1. The second-order valence-electron chi connectivity index (χ2n) is 4.42. The summed E-state index contributed by atoms with van der Waals surface area (Å²) in [6.07, 6.45) is 0. The van der Waals surface area contributed by atoms with Crippen LogP contribution in [-0.2, 0) is 11.3 Å². The van der Waals surface area contributed by atoms with Crippen molar-refractivity contribution >= 4 is 54.2 Å². The van der Waals surface area contributed by atoms with E-state index in [-0.39, 0.29) is 12.5 Å². The van der Waals surface area contributed by atoms with Gasteiger partial charge < -0.3 is 5.32 Å². The minimum atomic E-state index is -0.164. The average Bonchev–Trinajstić information content (AvgIpc) is 2.76. The van der Waals surface area contributed by atoms with Crippen molar-refractivity contribution in [1.29, 1.82) is 0 Å². The number of nitrogens with one attached hydrogen (secondary N) is 1. The Morgan fingerprint density at radius 1 is 1.14 bits per heavy atom. The van der Waals surface area contributed by atoms with E-state index >= 15 is 0 Å². The van der Waals surface area contributed by atoms with Crippen LogP contribution in [0.25, 0.3) is 10.8 Å². The zero-order chi connectivity index (χ0) is 14.8. The molecular weight excluding hydrogens is 400 g/mol. The minimum Gasteiger partial charge on any atom is -0.324 e. The van der Waals surface area contributed by atoms with E-state index in [2.05, 4.69) is 47.3 Å². The Hall–Kier alpha value is -1.73. The van der Waals surface area contributed by atoms with E-state index in [4.69, 9.17) is 0 Å². The summed E-state index contributed by atoms with van der Waals surface area (Å²) in [5, 5.41) is 9.13. The molecule has 1 heterocycles. The molecule has 0 aliphatic heterocycles. The van der Waals surface area contributed by atoms with Crippen molar-refractivity contribution in [3.63, 3.8) is 0 Å². The molecule has 0 aliphatic carbocycles. The Morgan fingerprint density at radius 3 is 2.62 bits per heavy atom. The lowest BCUT2D eigenvalue weighted by Crippen LogP contribution is -2.19. The summed E-state index contributed by atoms with van der Waals surface area (Å²) >= 11 is 6.41. The van der Waals surface area contributed by atoms with E-state index < -0.39 is 0 Å². The molecule has 0 spiro atoms. The van der Waals surface area contributed by atoms with E-state index in [0.29, 0.717) is 9.47 Å². The topological polar surface area (TPSA) is 59.8 Å². The van der Waals surface area contributed by atoms with Gasteiger partial charge in [0.15, 0.2) is 4.73 Å². The fourth-order valence-electron chi connectivity index (χ4n) is 2.00. The Morgan fingerprint density at radius 2 is 1.90 bits per heavy atom. The van der Waals surface area contributed by atoms with Gasteiger partial charge in [-0.15, -0.1) is 5.10 Å². The summed E-state index contributed by atoms with van der Waals surface area (Å²) in [5.74, 6) is -0.164. The SMILES string of the molecule is O=C(Cn1nc(Br)nc1Br)Nc1ccc2ccccc2c1. The number of aromatic nitrogens is 3. The first-order chi connectivity index (χ1) is 10.1. The van der Waals surface area contributed by atoms with Crippen LogP contribution in [0.3, 0.4) is 0 Å². The molecule has 106 valence electrons. The summed E-state index contributed by atoms with van der Waals surface area (Å²) in [7, 11) is 0. The summed E-state index contributed by atoms with van der Waals surface area (Å²) in [5.41, 5.74) is 0.758. The summed E-state index contributed by atoms with van der Waals surface area (Å²) in [6.45, 7) is 0.0893. The molecule has 0 aliphatic rings. The quantitative estimate of drug-likeness (QED) is 0.718. The monoisotopic (exact) mass is 408 g/mol. The van der Waals surface area contributed by atoms with Crippen molar-refractivity contribution in [3.05, 3.63) is 51.9 Å². The van der Waals surface area contributed by atoms with Gasteiger partial charge in [0.25, 0.3) is 0 Å². The van der Waals surface area contributed by atoms with Gasteiger partial charge in [-0.25, -0.2) is 4.68 Å². The van der Waals surface area contributed by atoms with Crippen LogP contribution >= 0.6 is 31.9 Å². The first-order valence-corrected chi connectivity index (χ1v) is 7.75. The maximum absolute atomic E-state index is 12.0. The predicted octanol–water partition coefficient (Wildman–Crippen LogP) is 3.60. The van der Waals surface area contributed by atoms with Crippen LogP contribution in [0.15, 0.2) is 51.9 Å². The maximum Gasteiger partial charge on any atom is 0.246 e. The van der Waals surface area contributed by atoms with Gasteiger partial charge in [-0.1, -0.05) is 30.3 Å². The van der Waals surface area contributed by atoms with Gasteiger partial charge in [-0.2, -0.15) is 4.98 Å². The van der Waals surface area contributed by atoms with Crippen molar-refractivity contribution in [3.8, 4) is 0 Å². The molecule has 3 aromatic rings. The number of carbonyl (C=O) groups is 1. The van der Waals surface area contributed by atoms with Crippen LogP contribution < -0.4 is 5.32 Å². The molecule has 0 fully saturated rings. The van der Waals surface area contributed by atoms with Crippen molar-refractivity contribution in [2.75, 3.05) is 5.32 Å². The van der Waals surface area contributed by atoms with Crippen LogP contribution in [0.1, 0.15) is 0 Å². The average molecular weight is 410 g/mol. The molecule has 2 aromatic carbocycles. The molecule has 0 bridgehead atoms. The van der Waals surface area contributed by atoms with E-state index in [1.807, 2.05) is 42.5 Å². The van der Waals surface area contributed by atoms with Crippen LogP contribution in [0.4, 0.5) is 5.69 Å². The predicted molar refractivity (Wildman–Crippen MR) is 88.0 cm³/mol. The van der Waals surface area contributed by atoms with Crippen molar-refractivity contribution in [2.45, 2.75) is 6.54 Å². The first-order valence-electron chi connectivity index (χ1n) is 6.16. The Kier molecular flexibility index (Phi) is 4.03. The van der Waals surface area contributed by atoms with Crippen molar-refractivity contribution in [1.82, 2.24) is 14.8 Å². The number of halogens is 2. The lowest BCUT2D eigenvalue weighted by atomic mass is 10.1. The fourth-order valence-corrected chi connectivity index (χ4v) is 2.97. The van der Waals surface area contributed by atoms with Crippen LogP contribution in [0.2, 0.25) is 0 Å². The summed E-state index contributed by atoms with van der Waals surface area (Å²) in [6, 6.07) is 13.8. The fraction of sp³-hybridized carbons (Fsp3) is 0.0714. The number of nitrogens with zero attached hydrogens (tertiary/aromatic N) is 3.